The average Bonchev–Trinajstić information content (AvgIpc) is 2.85. The maximum Gasteiger partial charge on any atom is 0.271 e. The van der Waals surface area contributed by atoms with Gasteiger partial charge in [0.2, 0.25) is 0 Å². The summed E-state index contributed by atoms with van der Waals surface area (Å²) in [4.78, 5) is 15.8. The van der Waals surface area contributed by atoms with Gasteiger partial charge in [0.05, 0.1) is 0 Å². The highest BCUT2D eigenvalue weighted by molar-refractivity contribution is 5.92. The summed E-state index contributed by atoms with van der Waals surface area (Å²) in [6.07, 6.45) is 0. The molecule has 0 bridgehead atoms. The lowest BCUT2D eigenvalue weighted by Crippen LogP contribution is -2.26. The Morgan fingerprint density at radius 2 is 1.90 bits per heavy atom. The molecule has 20 heavy (non-hydrogen) atoms. The van der Waals surface area contributed by atoms with Crippen LogP contribution in [0.4, 0.5) is 11.5 Å². The van der Waals surface area contributed by atoms with E-state index in [0.29, 0.717) is 18.1 Å². The number of benzene rings is 1. The number of hydrogen-bond acceptors (Lipinski definition) is 4. The van der Waals surface area contributed by atoms with E-state index in [1.165, 1.54) is 6.07 Å². The first kappa shape index (κ1) is 13.9. The minimum atomic E-state index is -0.133. The topological polar surface area (TPSA) is 78.2 Å². The fraction of sp³-hybridized carbons (Fsp3) is 0.286. The molecule has 0 aliphatic heterocycles. The van der Waals surface area contributed by atoms with Crippen molar-refractivity contribution < 1.29 is 4.79 Å². The summed E-state index contributed by atoms with van der Waals surface area (Å²) in [7, 11) is 5.74. The summed E-state index contributed by atoms with van der Waals surface area (Å²) in [6.45, 7) is 0.533. The van der Waals surface area contributed by atoms with Gasteiger partial charge >= 0.3 is 0 Å². The fourth-order valence-electron chi connectivity index (χ4n) is 1.90. The molecule has 0 spiro atoms. The normalized spacial score (nSPS) is 10.3. The van der Waals surface area contributed by atoms with Crippen LogP contribution in [0.3, 0.4) is 0 Å². The second-order valence-electron chi connectivity index (χ2n) is 4.93. The standard InChI is InChI=1S/C14H19N5O/c1-18(2)11-6-4-10(5-7-11)9-19(3)14(20)12-8-13(15)17-16-12/h4-8H,9H2,1-3H3,(H3,15,16,17). The number of nitrogens with one attached hydrogen (secondary N) is 1. The van der Waals surface area contributed by atoms with Crippen molar-refractivity contribution in [3.05, 3.63) is 41.6 Å². The molecule has 0 atom stereocenters. The zero-order valence-electron chi connectivity index (χ0n) is 11.9. The Kier molecular flexibility index (Phi) is 3.93. The third kappa shape index (κ3) is 3.09. The Hall–Kier alpha value is -2.50. The molecule has 1 aromatic heterocycles. The summed E-state index contributed by atoms with van der Waals surface area (Å²) in [5, 5.41) is 6.38. The second kappa shape index (κ2) is 5.64. The molecule has 0 saturated heterocycles. The molecule has 0 radical (unpaired) electrons. The van der Waals surface area contributed by atoms with Crippen molar-refractivity contribution in [3.8, 4) is 0 Å². The van der Waals surface area contributed by atoms with Gasteiger partial charge in [0, 0.05) is 39.4 Å². The molecule has 0 fully saturated rings. The molecule has 2 rings (SSSR count). The smallest absolute Gasteiger partial charge is 0.271 e. The molecule has 1 heterocycles. The monoisotopic (exact) mass is 273 g/mol. The number of anilines is 2. The maximum absolute atomic E-state index is 12.1. The van der Waals surface area contributed by atoms with Crippen molar-refractivity contribution in [2.75, 3.05) is 31.8 Å². The van der Waals surface area contributed by atoms with Gasteiger partial charge in [0.25, 0.3) is 5.91 Å². The van der Waals surface area contributed by atoms with Crippen molar-refractivity contribution >= 4 is 17.4 Å². The number of amides is 1. The van der Waals surface area contributed by atoms with E-state index in [-0.39, 0.29) is 5.91 Å². The minimum Gasteiger partial charge on any atom is -0.382 e. The Balaban J connectivity index is 2.03. The maximum atomic E-state index is 12.1. The van der Waals surface area contributed by atoms with E-state index in [1.54, 1.807) is 11.9 Å². The fourth-order valence-corrected chi connectivity index (χ4v) is 1.90. The van der Waals surface area contributed by atoms with Crippen LogP contribution in [0.5, 0.6) is 0 Å². The molecule has 6 nitrogen and oxygen atoms in total. The Morgan fingerprint density at radius 3 is 2.40 bits per heavy atom. The van der Waals surface area contributed by atoms with Gasteiger partial charge in [-0.2, -0.15) is 5.10 Å². The molecular formula is C14H19N5O. The number of H-pyrrole nitrogens is 1. The minimum absolute atomic E-state index is 0.133. The van der Waals surface area contributed by atoms with E-state index in [2.05, 4.69) is 10.2 Å². The summed E-state index contributed by atoms with van der Waals surface area (Å²) >= 11 is 0. The lowest BCUT2D eigenvalue weighted by atomic mass is 10.2. The Bertz CT molecular complexity index is 588. The molecule has 0 saturated carbocycles. The highest BCUT2D eigenvalue weighted by Gasteiger charge is 2.14. The predicted molar refractivity (Wildman–Crippen MR) is 79.6 cm³/mol. The van der Waals surface area contributed by atoms with Crippen LogP contribution < -0.4 is 10.6 Å². The molecule has 0 aliphatic carbocycles. The molecule has 1 aromatic carbocycles. The van der Waals surface area contributed by atoms with E-state index in [9.17, 15) is 4.79 Å². The van der Waals surface area contributed by atoms with Crippen molar-refractivity contribution in [3.63, 3.8) is 0 Å². The van der Waals surface area contributed by atoms with Crippen molar-refractivity contribution in [2.45, 2.75) is 6.54 Å². The highest BCUT2D eigenvalue weighted by Crippen LogP contribution is 2.14. The van der Waals surface area contributed by atoms with Gasteiger partial charge in [-0.05, 0) is 17.7 Å². The molecule has 3 N–H and O–H groups in total. The third-order valence-electron chi connectivity index (χ3n) is 3.05. The number of aromatic nitrogens is 2. The molecule has 1 amide bonds. The van der Waals surface area contributed by atoms with Crippen molar-refractivity contribution in [1.82, 2.24) is 15.1 Å². The zero-order valence-corrected chi connectivity index (χ0v) is 11.9. The molecule has 0 unspecified atom stereocenters. The average molecular weight is 273 g/mol. The molecule has 0 aliphatic rings. The van der Waals surface area contributed by atoms with E-state index in [0.717, 1.165) is 11.3 Å². The van der Waals surface area contributed by atoms with Gasteiger partial charge in [-0.15, -0.1) is 0 Å². The van der Waals surface area contributed by atoms with Crippen LogP contribution in [0.1, 0.15) is 16.1 Å². The summed E-state index contributed by atoms with van der Waals surface area (Å²) < 4.78 is 0. The van der Waals surface area contributed by atoms with E-state index in [4.69, 9.17) is 5.73 Å². The predicted octanol–water partition coefficient (Wildman–Crippen LogP) is 1.33. The number of aromatic amines is 1. The first-order chi connectivity index (χ1) is 9.47. The number of carbonyl (C=O) groups excluding carboxylic acids is 1. The van der Waals surface area contributed by atoms with Crippen LogP contribution in [0, 0.1) is 0 Å². The van der Waals surface area contributed by atoms with Crippen LogP contribution in [0.25, 0.3) is 0 Å². The van der Waals surface area contributed by atoms with Gasteiger partial charge in [-0.1, -0.05) is 12.1 Å². The number of rotatable bonds is 4. The lowest BCUT2D eigenvalue weighted by molar-refractivity contribution is 0.0779. The number of carbonyl (C=O) groups is 1. The van der Waals surface area contributed by atoms with Gasteiger partial charge in [-0.3, -0.25) is 9.89 Å². The highest BCUT2D eigenvalue weighted by atomic mass is 16.2. The van der Waals surface area contributed by atoms with Crippen LogP contribution in [0.15, 0.2) is 30.3 Å². The zero-order chi connectivity index (χ0) is 14.7. The summed E-state index contributed by atoms with van der Waals surface area (Å²) in [5.74, 6) is 0.183. The SMILES string of the molecule is CN(Cc1ccc(N(C)C)cc1)C(=O)c1cc(N)n[nH]1. The Labute approximate surface area is 118 Å². The van der Waals surface area contributed by atoms with Crippen molar-refractivity contribution in [1.29, 1.82) is 0 Å². The van der Waals surface area contributed by atoms with E-state index in [1.807, 2.05) is 43.3 Å². The third-order valence-corrected chi connectivity index (χ3v) is 3.05. The second-order valence-corrected chi connectivity index (χ2v) is 4.93. The van der Waals surface area contributed by atoms with E-state index < -0.39 is 0 Å². The van der Waals surface area contributed by atoms with Crippen LogP contribution >= 0.6 is 0 Å². The van der Waals surface area contributed by atoms with Crippen molar-refractivity contribution in [2.24, 2.45) is 0 Å². The molecule has 6 heteroatoms. The van der Waals surface area contributed by atoms with Crippen LogP contribution in [0.2, 0.25) is 0 Å². The van der Waals surface area contributed by atoms with Gasteiger partial charge in [0.15, 0.2) is 0 Å². The number of hydrogen-bond donors (Lipinski definition) is 2. The summed E-state index contributed by atoms with van der Waals surface area (Å²) in [5.41, 5.74) is 8.09. The van der Waals surface area contributed by atoms with Gasteiger partial charge in [0.1, 0.15) is 11.5 Å². The largest absolute Gasteiger partial charge is 0.382 e. The first-order valence-corrected chi connectivity index (χ1v) is 6.30. The molecule has 2 aromatic rings. The Morgan fingerprint density at radius 1 is 1.25 bits per heavy atom. The summed E-state index contributed by atoms with van der Waals surface area (Å²) in [6, 6.07) is 9.62. The van der Waals surface area contributed by atoms with Crippen LogP contribution in [-0.4, -0.2) is 42.1 Å². The quantitative estimate of drug-likeness (QED) is 0.881. The van der Waals surface area contributed by atoms with Crippen LogP contribution in [-0.2, 0) is 6.54 Å². The van der Waals surface area contributed by atoms with Gasteiger partial charge in [-0.25, -0.2) is 0 Å². The molecular weight excluding hydrogens is 254 g/mol. The molecule has 106 valence electrons. The number of nitrogens with zero attached hydrogens (tertiary/aromatic N) is 3. The first-order valence-electron chi connectivity index (χ1n) is 6.30. The van der Waals surface area contributed by atoms with Gasteiger partial charge < -0.3 is 15.5 Å². The lowest BCUT2D eigenvalue weighted by Gasteiger charge is -2.17. The van der Waals surface area contributed by atoms with E-state index >= 15 is 0 Å². The number of nitrogens with two attached hydrogens (primary N) is 1. The number of nitrogen functional groups attached to an aromatic ring is 1.